The topological polar surface area (TPSA) is 50.8 Å². The largest absolute Gasteiger partial charge is 0.486 e. The summed E-state index contributed by atoms with van der Waals surface area (Å²) in [5.74, 6) is 2.38. The Morgan fingerprint density at radius 3 is 2.48 bits per heavy atom. The highest BCUT2D eigenvalue weighted by Gasteiger charge is 2.36. The molecular formula is C19H29ClN2O3. The van der Waals surface area contributed by atoms with Crippen molar-refractivity contribution >= 4 is 18.3 Å². The van der Waals surface area contributed by atoms with E-state index in [1.54, 1.807) is 0 Å². The molecule has 0 aliphatic carbocycles. The van der Waals surface area contributed by atoms with Crippen LogP contribution in [0.3, 0.4) is 0 Å². The lowest BCUT2D eigenvalue weighted by molar-refractivity contribution is -0.137. The van der Waals surface area contributed by atoms with Gasteiger partial charge in [0, 0.05) is 13.1 Å². The predicted octanol–water partition coefficient (Wildman–Crippen LogP) is 2.62. The zero-order chi connectivity index (χ0) is 17.2. The smallest absolute Gasteiger partial charge is 0.232 e. The lowest BCUT2D eigenvalue weighted by Crippen LogP contribution is -2.47. The summed E-state index contributed by atoms with van der Waals surface area (Å²) in [5, 5.41) is 3.24. The zero-order valence-electron chi connectivity index (χ0n) is 15.3. The van der Waals surface area contributed by atoms with Crippen LogP contribution in [-0.2, 0) is 10.2 Å². The summed E-state index contributed by atoms with van der Waals surface area (Å²) in [5.41, 5.74) is 0.417. The molecule has 2 heterocycles. The van der Waals surface area contributed by atoms with Crippen LogP contribution in [0.25, 0.3) is 0 Å². The summed E-state index contributed by atoms with van der Waals surface area (Å²) < 4.78 is 11.2. The van der Waals surface area contributed by atoms with Crippen LogP contribution in [0.5, 0.6) is 11.5 Å². The third-order valence-corrected chi connectivity index (χ3v) is 5.19. The molecule has 0 spiro atoms. The van der Waals surface area contributed by atoms with Gasteiger partial charge in [-0.2, -0.15) is 0 Å². The first-order valence-corrected chi connectivity index (χ1v) is 8.86. The van der Waals surface area contributed by atoms with Gasteiger partial charge in [-0.1, -0.05) is 6.07 Å². The highest BCUT2D eigenvalue weighted by Crippen LogP contribution is 2.36. The first-order chi connectivity index (χ1) is 11.5. The Bertz CT molecular complexity index is 598. The molecule has 3 rings (SSSR count). The van der Waals surface area contributed by atoms with E-state index in [1.807, 2.05) is 44.0 Å². The van der Waals surface area contributed by atoms with Crippen LogP contribution in [-0.4, -0.2) is 50.7 Å². The standard InChI is InChI=1S/C19H28N2O3.ClH/c1-19(2,15-4-5-16-17(12-15)24-11-10-23-16)18(22)21-8-6-14(7-9-21)13-20-3;/h4-5,12,14,20H,6-11,13H2,1-3H3;1H. The van der Waals surface area contributed by atoms with Gasteiger partial charge in [0.25, 0.3) is 0 Å². The fourth-order valence-electron chi connectivity index (χ4n) is 3.58. The maximum atomic E-state index is 13.1. The Morgan fingerprint density at radius 2 is 1.84 bits per heavy atom. The van der Waals surface area contributed by atoms with Crippen LogP contribution in [0, 0.1) is 5.92 Å². The van der Waals surface area contributed by atoms with E-state index in [0.717, 1.165) is 49.5 Å². The first kappa shape index (κ1) is 19.9. The fraction of sp³-hybridized carbons (Fsp3) is 0.632. The molecule has 0 saturated carbocycles. The number of piperidine rings is 1. The monoisotopic (exact) mass is 368 g/mol. The molecule has 25 heavy (non-hydrogen) atoms. The van der Waals surface area contributed by atoms with E-state index in [1.165, 1.54) is 0 Å². The van der Waals surface area contributed by atoms with Gasteiger partial charge in [-0.3, -0.25) is 4.79 Å². The molecule has 1 aromatic rings. The van der Waals surface area contributed by atoms with Crippen LogP contribution in [0.15, 0.2) is 18.2 Å². The molecule has 1 amide bonds. The predicted molar refractivity (Wildman–Crippen MR) is 101 cm³/mol. The maximum Gasteiger partial charge on any atom is 0.232 e. The Labute approximate surface area is 156 Å². The number of halogens is 1. The number of hydrogen-bond donors (Lipinski definition) is 1. The summed E-state index contributed by atoms with van der Waals surface area (Å²) in [6.45, 7) is 7.87. The van der Waals surface area contributed by atoms with E-state index in [-0.39, 0.29) is 18.3 Å². The van der Waals surface area contributed by atoms with Crippen molar-refractivity contribution in [1.82, 2.24) is 10.2 Å². The van der Waals surface area contributed by atoms with Crippen LogP contribution in [0.1, 0.15) is 32.3 Å². The van der Waals surface area contributed by atoms with E-state index in [2.05, 4.69) is 5.32 Å². The van der Waals surface area contributed by atoms with Gasteiger partial charge in [-0.05, 0) is 63.9 Å². The number of fused-ring (bicyclic) bond motifs is 1. The third-order valence-electron chi connectivity index (χ3n) is 5.19. The number of nitrogens with zero attached hydrogens (tertiary/aromatic N) is 1. The van der Waals surface area contributed by atoms with E-state index < -0.39 is 5.41 Å². The van der Waals surface area contributed by atoms with Gasteiger partial charge in [0.1, 0.15) is 13.2 Å². The van der Waals surface area contributed by atoms with Crippen molar-refractivity contribution in [2.24, 2.45) is 5.92 Å². The third kappa shape index (κ3) is 4.21. The van der Waals surface area contributed by atoms with Gasteiger partial charge < -0.3 is 19.7 Å². The minimum Gasteiger partial charge on any atom is -0.486 e. The number of hydrogen-bond acceptors (Lipinski definition) is 4. The summed E-state index contributed by atoms with van der Waals surface area (Å²) >= 11 is 0. The van der Waals surface area contributed by atoms with Gasteiger partial charge >= 0.3 is 0 Å². The molecule has 0 radical (unpaired) electrons. The normalized spacial score (nSPS) is 17.8. The van der Waals surface area contributed by atoms with Crippen LogP contribution < -0.4 is 14.8 Å². The minimum absolute atomic E-state index is 0. The summed E-state index contributed by atoms with van der Waals surface area (Å²) in [6.07, 6.45) is 2.15. The van der Waals surface area contributed by atoms with Crippen molar-refractivity contribution in [3.05, 3.63) is 23.8 Å². The van der Waals surface area contributed by atoms with Crippen molar-refractivity contribution < 1.29 is 14.3 Å². The number of ether oxygens (including phenoxy) is 2. The van der Waals surface area contributed by atoms with Crippen molar-refractivity contribution in [3.63, 3.8) is 0 Å². The number of carbonyl (C=O) groups excluding carboxylic acids is 1. The molecule has 2 aliphatic heterocycles. The average Bonchev–Trinajstić information content (AvgIpc) is 2.61. The Hall–Kier alpha value is -1.46. The summed E-state index contributed by atoms with van der Waals surface area (Å²) in [7, 11) is 1.99. The quantitative estimate of drug-likeness (QED) is 0.887. The lowest BCUT2D eigenvalue weighted by Gasteiger charge is -2.37. The van der Waals surface area contributed by atoms with E-state index in [9.17, 15) is 4.79 Å². The van der Waals surface area contributed by atoms with Gasteiger partial charge in [0.15, 0.2) is 11.5 Å². The number of carbonyl (C=O) groups is 1. The lowest BCUT2D eigenvalue weighted by atomic mass is 9.82. The maximum absolute atomic E-state index is 13.1. The number of benzene rings is 1. The number of nitrogens with one attached hydrogen (secondary N) is 1. The van der Waals surface area contributed by atoms with Crippen LogP contribution in [0.4, 0.5) is 0 Å². The molecule has 5 nitrogen and oxygen atoms in total. The minimum atomic E-state index is -0.564. The Balaban J connectivity index is 0.00000225. The van der Waals surface area contributed by atoms with Gasteiger partial charge in [-0.25, -0.2) is 0 Å². The Kier molecular flexibility index (Phi) is 6.58. The van der Waals surface area contributed by atoms with E-state index in [0.29, 0.717) is 19.1 Å². The summed E-state index contributed by atoms with van der Waals surface area (Å²) in [4.78, 5) is 15.1. The highest BCUT2D eigenvalue weighted by molar-refractivity contribution is 5.87. The molecular weight excluding hydrogens is 340 g/mol. The van der Waals surface area contributed by atoms with Crippen LogP contribution >= 0.6 is 12.4 Å². The fourth-order valence-corrected chi connectivity index (χ4v) is 3.58. The molecule has 1 N–H and O–H groups in total. The van der Waals surface area contributed by atoms with Crippen molar-refractivity contribution in [2.45, 2.75) is 32.1 Å². The second kappa shape index (κ2) is 8.28. The highest BCUT2D eigenvalue weighted by atomic mass is 35.5. The molecule has 0 aromatic heterocycles. The second-order valence-electron chi connectivity index (χ2n) is 7.28. The van der Waals surface area contributed by atoms with Crippen molar-refractivity contribution in [2.75, 3.05) is 39.9 Å². The number of likely N-dealkylation sites (tertiary alicyclic amines) is 1. The first-order valence-electron chi connectivity index (χ1n) is 8.86. The molecule has 0 bridgehead atoms. The summed E-state index contributed by atoms with van der Waals surface area (Å²) in [6, 6.07) is 5.86. The Morgan fingerprint density at radius 1 is 1.20 bits per heavy atom. The number of amides is 1. The van der Waals surface area contributed by atoms with Gasteiger partial charge in [0.05, 0.1) is 5.41 Å². The molecule has 1 aromatic carbocycles. The van der Waals surface area contributed by atoms with Crippen molar-refractivity contribution in [1.29, 1.82) is 0 Å². The molecule has 0 unspecified atom stereocenters. The van der Waals surface area contributed by atoms with E-state index >= 15 is 0 Å². The molecule has 1 fully saturated rings. The SMILES string of the molecule is CNCC1CCN(C(=O)C(C)(C)c2ccc3c(c2)OCCO3)CC1.Cl. The van der Waals surface area contributed by atoms with Crippen molar-refractivity contribution in [3.8, 4) is 11.5 Å². The molecule has 140 valence electrons. The zero-order valence-corrected chi connectivity index (χ0v) is 16.2. The molecule has 1 saturated heterocycles. The molecule has 2 aliphatic rings. The van der Waals surface area contributed by atoms with Crippen LogP contribution in [0.2, 0.25) is 0 Å². The van der Waals surface area contributed by atoms with Gasteiger partial charge in [0.2, 0.25) is 5.91 Å². The average molecular weight is 369 g/mol. The van der Waals surface area contributed by atoms with Gasteiger partial charge in [-0.15, -0.1) is 12.4 Å². The molecule has 6 heteroatoms. The van der Waals surface area contributed by atoms with E-state index in [4.69, 9.17) is 9.47 Å². The molecule has 0 atom stereocenters. The number of rotatable bonds is 4. The second-order valence-corrected chi connectivity index (χ2v) is 7.28.